The van der Waals surface area contributed by atoms with Gasteiger partial charge >= 0.3 is 0 Å². The molecule has 0 aliphatic carbocycles. The zero-order valence-corrected chi connectivity index (χ0v) is 17.7. The second-order valence-corrected chi connectivity index (χ2v) is 7.52. The Morgan fingerprint density at radius 2 is 1.78 bits per heavy atom. The van der Waals surface area contributed by atoms with Crippen LogP contribution < -0.4 is 15.5 Å². The standard InChI is InChI=1S/C26H22FNO4/c1-16(18-8-10-20(27)11-9-18)28-24(29)15-31-21-12-13-22-23(14-21)32-17(2)25(26(22)30)19-6-4-3-5-7-19/h3-14,16H,15H2,1-2H3,(H,28,29). The lowest BCUT2D eigenvalue weighted by Gasteiger charge is -2.15. The number of carbonyl (C=O) groups excluding carboxylic acids is 1. The minimum atomic E-state index is -0.329. The average molecular weight is 431 g/mol. The maximum atomic E-state index is 13.1. The van der Waals surface area contributed by atoms with Crippen molar-refractivity contribution in [2.24, 2.45) is 0 Å². The molecule has 0 saturated heterocycles. The minimum Gasteiger partial charge on any atom is -0.484 e. The molecule has 1 unspecified atom stereocenters. The van der Waals surface area contributed by atoms with E-state index in [0.29, 0.717) is 28.0 Å². The van der Waals surface area contributed by atoms with Crippen molar-refractivity contribution in [2.75, 3.05) is 6.61 Å². The van der Waals surface area contributed by atoms with Crippen molar-refractivity contribution in [1.82, 2.24) is 5.32 Å². The number of fused-ring (bicyclic) bond motifs is 1. The molecule has 1 heterocycles. The molecule has 0 aliphatic heterocycles. The fraction of sp³-hybridized carbons (Fsp3) is 0.154. The monoisotopic (exact) mass is 431 g/mol. The molecule has 32 heavy (non-hydrogen) atoms. The molecule has 0 saturated carbocycles. The first-order valence-electron chi connectivity index (χ1n) is 10.2. The van der Waals surface area contributed by atoms with Crippen LogP contribution in [-0.4, -0.2) is 12.5 Å². The first-order valence-corrected chi connectivity index (χ1v) is 10.2. The first kappa shape index (κ1) is 21.3. The number of ether oxygens (including phenoxy) is 1. The van der Waals surface area contributed by atoms with Gasteiger partial charge in [0, 0.05) is 6.07 Å². The van der Waals surface area contributed by atoms with Gasteiger partial charge in [0.2, 0.25) is 5.43 Å². The van der Waals surface area contributed by atoms with Crippen LogP contribution in [0.4, 0.5) is 4.39 Å². The molecule has 0 radical (unpaired) electrons. The zero-order valence-electron chi connectivity index (χ0n) is 17.7. The Bertz CT molecular complexity index is 1310. The van der Waals surface area contributed by atoms with Crippen LogP contribution in [0, 0.1) is 12.7 Å². The number of hydrogen-bond acceptors (Lipinski definition) is 4. The highest BCUT2D eigenvalue weighted by molar-refractivity contribution is 5.84. The van der Waals surface area contributed by atoms with E-state index in [1.807, 2.05) is 37.3 Å². The molecule has 0 fully saturated rings. The van der Waals surface area contributed by atoms with Gasteiger partial charge in [-0.3, -0.25) is 9.59 Å². The van der Waals surface area contributed by atoms with Gasteiger partial charge in [0.05, 0.1) is 17.0 Å². The number of halogens is 1. The Hall–Kier alpha value is -3.93. The molecule has 1 atom stereocenters. The van der Waals surface area contributed by atoms with Crippen molar-refractivity contribution in [3.63, 3.8) is 0 Å². The Morgan fingerprint density at radius 1 is 1.06 bits per heavy atom. The van der Waals surface area contributed by atoms with Crippen LogP contribution in [0.5, 0.6) is 5.75 Å². The van der Waals surface area contributed by atoms with Crippen molar-refractivity contribution < 1.29 is 18.3 Å². The summed E-state index contributed by atoms with van der Waals surface area (Å²) >= 11 is 0. The van der Waals surface area contributed by atoms with E-state index in [4.69, 9.17) is 9.15 Å². The van der Waals surface area contributed by atoms with Crippen molar-refractivity contribution in [3.8, 4) is 16.9 Å². The maximum Gasteiger partial charge on any atom is 0.258 e. The molecule has 1 aromatic heterocycles. The van der Waals surface area contributed by atoms with Crippen molar-refractivity contribution in [3.05, 3.63) is 100 Å². The third kappa shape index (κ3) is 4.54. The largest absolute Gasteiger partial charge is 0.484 e. The number of nitrogens with one attached hydrogen (secondary N) is 1. The highest BCUT2D eigenvalue weighted by atomic mass is 19.1. The highest BCUT2D eigenvalue weighted by Crippen LogP contribution is 2.26. The van der Waals surface area contributed by atoms with Crippen LogP contribution in [0.1, 0.15) is 24.3 Å². The van der Waals surface area contributed by atoms with Crippen LogP contribution in [-0.2, 0) is 4.79 Å². The summed E-state index contributed by atoms with van der Waals surface area (Å²) in [6, 6.07) is 19.9. The van der Waals surface area contributed by atoms with Crippen molar-refractivity contribution in [1.29, 1.82) is 0 Å². The van der Waals surface area contributed by atoms with Gasteiger partial charge in [-0.1, -0.05) is 42.5 Å². The lowest BCUT2D eigenvalue weighted by Crippen LogP contribution is -2.31. The number of carbonyl (C=O) groups is 1. The van der Waals surface area contributed by atoms with Crippen LogP contribution in [0.25, 0.3) is 22.1 Å². The van der Waals surface area contributed by atoms with E-state index in [2.05, 4.69) is 5.32 Å². The summed E-state index contributed by atoms with van der Waals surface area (Å²) in [6.45, 7) is 3.35. The summed E-state index contributed by atoms with van der Waals surface area (Å²) in [4.78, 5) is 25.3. The Labute approximate surface area is 184 Å². The summed E-state index contributed by atoms with van der Waals surface area (Å²) in [5.74, 6) is 0.275. The topological polar surface area (TPSA) is 68.5 Å². The lowest BCUT2D eigenvalue weighted by atomic mass is 10.0. The van der Waals surface area contributed by atoms with Crippen LogP contribution in [0.15, 0.2) is 82.0 Å². The lowest BCUT2D eigenvalue weighted by molar-refractivity contribution is -0.123. The summed E-state index contributed by atoms with van der Waals surface area (Å²) in [6.07, 6.45) is 0. The van der Waals surface area contributed by atoms with Crippen molar-refractivity contribution >= 4 is 16.9 Å². The minimum absolute atomic E-state index is 0.118. The molecule has 0 spiro atoms. The van der Waals surface area contributed by atoms with Gasteiger partial charge < -0.3 is 14.5 Å². The predicted molar refractivity (Wildman–Crippen MR) is 121 cm³/mol. The number of benzene rings is 3. The van der Waals surface area contributed by atoms with E-state index in [1.165, 1.54) is 12.1 Å². The van der Waals surface area contributed by atoms with Gasteiger partial charge in [0.1, 0.15) is 22.9 Å². The van der Waals surface area contributed by atoms with Crippen LogP contribution >= 0.6 is 0 Å². The molecular formula is C26H22FNO4. The van der Waals surface area contributed by atoms with Crippen LogP contribution in [0.3, 0.4) is 0 Å². The fourth-order valence-corrected chi connectivity index (χ4v) is 3.58. The molecule has 5 nitrogen and oxygen atoms in total. The van der Waals surface area contributed by atoms with E-state index < -0.39 is 0 Å². The van der Waals surface area contributed by atoms with Crippen LogP contribution in [0.2, 0.25) is 0 Å². The van der Waals surface area contributed by atoms with Crippen molar-refractivity contribution in [2.45, 2.75) is 19.9 Å². The van der Waals surface area contributed by atoms with E-state index in [1.54, 1.807) is 37.3 Å². The predicted octanol–water partition coefficient (Wildman–Crippen LogP) is 5.16. The summed E-state index contributed by atoms with van der Waals surface area (Å²) in [5, 5.41) is 3.25. The number of amides is 1. The number of rotatable bonds is 6. The normalized spacial score (nSPS) is 11.8. The van der Waals surface area contributed by atoms with E-state index in [-0.39, 0.29) is 29.8 Å². The summed E-state index contributed by atoms with van der Waals surface area (Å²) < 4.78 is 24.5. The second kappa shape index (κ2) is 9.06. The SMILES string of the molecule is Cc1oc2cc(OCC(=O)NC(C)c3ccc(F)cc3)ccc2c(=O)c1-c1ccccc1. The molecular weight excluding hydrogens is 409 g/mol. The van der Waals surface area contributed by atoms with E-state index >= 15 is 0 Å². The quantitative estimate of drug-likeness (QED) is 0.458. The molecule has 4 rings (SSSR count). The number of aryl methyl sites for hydroxylation is 1. The van der Waals surface area contributed by atoms with Gasteiger partial charge in [0.25, 0.3) is 5.91 Å². The fourth-order valence-electron chi connectivity index (χ4n) is 3.58. The van der Waals surface area contributed by atoms with Gasteiger partial charge in [-0.2, -0.15) is 0 Å². The Kier molecular flexibility index (Phi) is 6.03. The maximum absolute atomic E-state index is 13.1. The summed E-state index contributed by atoms with van der Waals surface area (Å²) in [5.41, 5.74) is 2.39. The highest BCUT2D eigenvalue weighted by Gasteiger charge is 2.15. The second-order valence-electron chi connectivity index (χ2n) is 7.52. The van der Waals surface area contributed by atoms with Gasteiger partial charge in [0.15, 0.2) is 6.61 Å². The molecule has 6 heteroatoms. The molecule has 4 aromatic rings. The molecule has 3 aromatic carbocycles. The molecule has 162 valence electrons. The third-order valence-corrected chi connectivity index (χ3v) is 5.22. The molecule has 1 amide bonds. The summed E-state index contributed by atoms with van der Waals surface area (Å²) in [7, 11) is 0. The van der Waals surface area contributed by atoms with E-state index in [0.717, 1.165) is 11.1 Å². The average Bonchev–Trinajstić information content (AvgIpc) is 2.78. The van der Waals surface area contributed by atoms with Gasteiger partial charge in [-0.05, 0) is 49.2 Å². The third-order valence-electron chi connectivity index (χ3n) is 5.22. The zero-order chi connectivity index (χ0) is 22.7. The van der Waals surface area contributed by atoms with Gasteiger partial charge in [-0.25, -0.2) is 4.39 Å². The Morgan fingerprint density at radius 3 is 2.50 bits per heavy atom. The smallest absolute Gasteiger partial charge is 0.258 e. The van der Waals surface area contributed by atoms with Gasteiger partial charge in [-0.15, -0.1) is 0 Å². The van der Waals surface area contributed by atoms with E-state index in [9.17, 15) is 14.0 Å². The number of hydrogen-bond donors (Lipinski definition) is 1. The Balaban J connectivity index is 1.48. The molecule has 1 N–H and O–H groups in total. The molecule has 0 bridgehead atoms. The molecule has 0 aliphatic rings. The first-order chi connectivity index (χ1) is 15.4.